The van der Waals surface area contributed by atoms with E-state index in [-0.39, 0.29) is 0 Å². The molecule has 1 aliphatic heterocycles. The van der Waals surface area contributed by atoms with Gasteiger partial charge in [0.2, 0.25) is 0 Å². The van der Waals surface area contributed by atoms with E-state index >= 15 is 0 Å². The third kappa shape index (κ3) is 4.19. The minimum atomic E-state index is 0.775. The first-order valence-electron chi connectivity index (χ1n) is 8.04. The minimum Gasteiger partial charge on any atom is -0.350 e. The highest BCUT2D eigenvalue weighted by atomic mass is 32.1. The monoisotopic (exact) mass is 308 g/mol. The molecule has 1 saturated heterocycles. The quantitative estimate of drug-likeness (QED) is 0.670. The maximum atomic E-state index is 4.45. The Labute approximate surface area is 132 Å². The first-order chi connectivity index (χ1) is 10.2. The van der Waals surface area contributed by atoms with Gasteiger partial charge in [0.05, 0.1) is 6.54 Å². The molecule has 1 aromatic heterocycles. The van der Waals surface area contributed by atoms with Gasteiger partial charge in [-0.05, 0) is 25.2 Å². The highest BCUT2D eigenvalue weighted by Crippen LogP contribution is 2.28. The van der Waals surface area contributed by atoms with Crippen molar-refractivity contribution in [2.45, 2.75) is 46.6 Å². The Morgan fingerprint density at radius 3 is 2.86 bits per heavy atom. The molecule has 0 radical (unpaired) electrons. The maximum absolute atomic E-state index is 4.45. The average molecular weight is 308 g/mol. The van der Waals surface area contributed by atoms with Gasteiger partial charge in [0.1, 0.15) is 5.01 Å². The zero-order chi connectivity index (χ0) is 15.2. The van der Waals surface area contributed by atoms with Gasteiger partial charge in [0.25, 0.3) is 0 Å². The summed E-state index contributed by atoms with van der Waals surface area (Å²) in [5, 5.41) is 4.59. The molecule has 0 saturated carbocycles. The van der Waals surface area contributed by atoms with Gasteiger partial charge in [-0.15, -0.1) is 11.3 Å². The lowest BCUT2D eigenvalue weighted by Crippen LogP contribution is -2.40. The van der Waals surface area contributed by atoms with Crippen molar-refractivity contribution in [1.82, 2.24) is 15.2 Å². The summed E-state index contributed by atoms with van der Waals surface area (Å²) < 4.78 is 0. The molecule has 0 aliphatic carbocycles. The zero-order valence-corrected chi connectivity index (χ0v) is 14.5. The molecule has 1 fully saturated rings. The molecule has 2 rings (SSSR count). The van der Waals surface area contributed by atoms with Gasteiger partial charge in [-0.2, -0.15) is 0 Å². The van der Waals surface area contributed by atoms with E-state index in [1.165, 1.54) is 24.1 Å². The number of likely N-dealkylation sites (tertiary alicyclic amines) is 1. The SMILES string of the molecule is CCC(CC)C1CCN(C(=NC)NCc2ncc(C)s2)C1. The van der Waals surface area contributed by atoms with E-state index in [2.05, 4.69) is 41.0 Å². The summed E-state index contributed by atoms with van der Waals surface area (Å²) in [5.74, 6) is 2.70. The molecule has 1 unspecified atom stereocenters. The van der Waals surface area contributed by atoms with Crippen molar-refractivity contribution in [2.24, 2.45) is 16.8 Å². The fraction of sp³-hybridized carbons (Fsp3) is 0.750. The molecule has 0 amide bonds. The lowest BCUT2D eigenvalue weighted by Gasteiger charge is -2.24. The van der Waals surface area contributed by atoms with Crippen molar-refractivity contribution in [3.05, 3.63) is 16.1 Å². The topological polar surface area (TPSA) is 40.5 Å². The first-order valence-corrected chi connectivity index (χ1v) is 8.86. The number of nitrogens with zero attached hydrogens (tertiary/aromatic N) is 3. The summed E-state index contributed by atoms with van der Waals surface area (Å²) in [6.45, 7) is 9.76. The number of aromatic nitrogens is 1. The van der Waals surface area contributed by atoms with Crippen LogP contribution in [0.3, 0.4) is 0 Å². The normalized spacial score (nSPS) is 19.6. The van der Waals surface area contributed by atoms with Gasteiger partial charge in [0, 0.05) is 31.2 Å². The van der Waals surface area contributed by atoms with Gasteiger partial charge in [0.15, 0.2) is 5.96 Å². The molecular formula is C16H28N4S. The predicted molar refractivity (Wildman–Crippen MR) is 90.8 cm³/mol. The minimum absolute atomic E-state index is 0.775. The van der Waals surface area contributed by atoms with Gasteiger partial charge >= 0.3 is 0 Å². The number of aliphatic imine (C=N–C) groups is 1. The van der Waals surface area contributed by atoms with Crippen molar-refractivity contribution in [3.8, 4) is 0 Å². The zero-order valence-electron chi connectivity index (χ0n) is 13.7. The van der Waals surface area contributed by atoms with Crippen molar-refractivity contribution in [1.29, 1.82) is 0 Å². The molecule has 1 aliphatic rings. The Morgan fingerprint density at radius 1 is 1.52 bits per heavy atom. The van der Waals surface area contributed by atoms with Crippen LogP contribution in [0.2, 0.25) is 0 Å². The van der Waals surface area contributed by atoms with E-state index in [1.807, 2.05) is 13.2 Å². The molecular weight excluding hydrogens is 280 g/mol. The van der Waals surface area contributed by atoms with Crippen molar-refractivity contribution < 1.29 is 0 Å². The summed E-state index contributed by atoms with van der Waals surface area (Å²) in [6, 6.07) is 0. The number of nitrogens with one attached hydrogen (secondary N) is 1. The van der Waals surface area contributed by atoms with Crippen molar-refractivity contribution >= 4 is 17.3 Å². The lowest BCUT2D eigenvalue weighted by molar-refractivity contribution is 0.319. The molecule has 0 spiro atoms. The number of hydrogen-bond acceptors (Lipinski definition) is 3. The van der Waals surface area contributed by atoms with Crippen LogP contribution in [0.15, 0.2) is 11.2 Å². The molecule has 21 heavy (non-hydrogen) atoms. The Kier molecular flexibility index (Phi) is 6.03. The highest BCUT2D eigenvalue weighted by Gasteiger charge is 2.29. The molecule has 1 aromatic rings. The molecule has 0 bridgehead atoms. The van der Waals surface area contributed by atoms with E-state index < -0.39 is 0 Å². The Balaban J connectivity index is 1.87. The van der Waals surface area contributed by atoms with Crippen molar-refractivity contribution in [3.63, 3.8) is 0 Å². The summed E-state index contributed by atoms with van der Waals surface area (Å²) in [5.41, 5.74) is 0. The van der Waals surface area contributed by atoms with E-state index in [0.717, 1.165) is 42.4 Å². The fourth-order valence-corrected chi connectivity index (χ4v) is 4.02. The standard InChI is InChI=1S/C16H28N4S/c1-5-13(6-2)14-7-8-20(11-14)16(17-4)19-10-15-18-9-12(3)21-15/h9,13-14H,5-8,10-11H2,1-4H3,(H,17,19). The maximum Gasteiger partial charge on any atom is 0.194 e. The van der Waals surface area contributed by atoms with Crippen LogP contribution in [0, 0.1) is 18.8 Å². The van der Waals surface area contributed by atoms with E-state index in [0.29, 0.717) is 0 Å². The summed E-state index contributed by atoms with van der Waals surface area (Å²) in [6.07, 6.45) is 5.81. The van der Waals surface area contributed by atoms with E-state index in [1.54, 1.807) is 11.3 Å². The van der Waals surface area contributed by atoms with Crippen LogP contribution in [0.25, 0.3) is 0 Å². The number of hydrogen-bond donors (Lipinski definition) is 1. The van der Waals surface area contributed by atoms with Gasteiger partial charge in [-0.25, -0.2) is 4.98 Å². The first kappa shape index (κ1) is 16.3. The van der Waals surface area contributed by atoms with E-state index in [9.17, 15) is 0 Å². The number of aryl methyl sites for hydroxylation is 1. The molecule has 5 heteroatoms. The highest BCUT2D eigenvalue weighted by molar-refractivity contribution is 7.11. The van der Waals surface area contributed by atoms with Crippen LogP contribution >= 0.6 is 11.3 Å². The van der Waals surface area contributed by atoms with E-state index in [4.69, 9.17) is 0 Å². The molecule has 2 heterocycles. The molecule has 4 nitrogen and oxygen atoms in total. The largest absolute Gasteiger partial charge is 0.350 e. The van der Waals surface area contributed by atoms with Crippen LogP contribution in [0.5, 0.6) is 0 Å². The molecule has 1 atom stereocenters. The van der Waals surface area contributed by atoms with Crippen LogP contribution in [0.4, 0.5) is 0 Å². The van der Waals surface area contributed by atoms with Crippen LogP contribution in [-0.2, 0) is 6.54 Å². The molecule has 1 N–H and O–H groups in total. The summed E-state index contributed by atoms with van der Waals surface area (Å²) >= 11 is 1.75. The van der Waals surface area contributed by atoms with Gasteiger partial charge in [-0.1, -0.05) is 26.7 Å². The van der Waals surface area contributed by atoms with Crippen molar-refractivity contribution in [2.75, 3.05) is 20.1 Å². The van der Waals surface area contributed by atoms with Crippen LogP contribution in [0.1, 0.15) is 43.0 Å². The number of thiazole rings is 1. The second-order valence-electron chi connectivity index (χ2n) is 5.84. The predicted octanol–water partition coefficient (Wildman–Crippen LogP) is 3.29. The summed E-state index contributed by atoms with van der Waals surface area (Å²) in [4.78, 5) is 12.5. The molecule has 0 aromatic carbocycles. The lowest BCUT2D eigenvalue weighted by atomic mass is 9.87. The fourth-order valence-electron chi connectivity index (χ4n) is 3.29. The Hall–Kier alpha value is -1.10. The number of guanidine groups is 1. The Morgan fingerprint density at radius 2 is 2.29 bits per heavy atom. The number of rotatable bonds is 5. The third-order valence-corrected chi connectivity index (χ3v) is 5.43. The third-order valence-electron chi connectivity index (χ3n) is 4.52. The Bertz CT molecular complexity index is 465. The van der Waals surface area contributed by atoms with Gasteiger partial charge < -0.3 is 10.2 Å². The summed E-state index contributed by atoms with van der Waals surface area (Å²) in [7, 11) is 1.87. The van der Waals surface area contributed by atoms with Crippen LogP contribution < -0.4 is 5.32 Å². The second-order valence-corrected chi connectivity index (χ2v) is 7.16. The van der Waals surface area contributed by atoms with Gasteiger partial charge in [-0.3, -0.25) is 4.99 Å². The second kappa shape index (κ2) is 7.78. The average Bonchev–Trinajstić information content (AvgIpc) is 3.11. The smallest absolute Gasteiger partial charge is 0.194 e. The van der Waals surface area contributed by atoms with Crippen LogP contribution in [-0.4, -0.2) is 36.0 Å². The molecule has 118 valence electrons.